The van der Waals surface area contributed by atoms with Gasteiger partial charge in [0.15, 0.2) is 0 Å². The van der Waals surface area contributed by atoms with Crippen molar-refractivity contribution in [3.05, 3.63) is 23.3 Å². The van der Waals surface area contributed by atoms with Crippen molar-refractivity contribution in [3.63, 3.8) is 0 Å². The smallest absolute Gasteiger partial charge is 0.255 e. The number of phenols is 1. The van der Waals surface area contributed by atoms with Gasteiger partial charge < -0.3 is 15.2 Å². The number of rotatable bonds is 1. The second-order valence-corrected chi connectivity index (χ2v) is 4.93. The summed E-state index contributed by atoms with van der Waals surface area (Å²) in [4.78, 5) is 12.0. The average molecular weight is 235 g/mol. The van der Waals surface area contributed by atoms with Crippen molar-refractivity contribution in [3.8, 4) is 11.5 Å². The maximum Gasteiger partial charge on any atom is 0.255 e. The first-order chi connectivity index (χ1) is 7.97. The Bertz CT molecular complexity index is 466. The highest BCUT2D eigenvalue weighted by Gasteiger charge is 2.34. The molecule has 0 unspecified atom stereocenters. The molecule has 0 aliphatic carbocycles. The summed E-state index contributed by atoms with van der Waals surface area (Å²) in [6.07, 6.45) is 0.784. The fraction of sp³-hybridized carbons (Fsp3) is 0.462. The second-order valence-electron chi connectivity index (χ2n) is 4.93. The molecule has 1 aromatic rings. The highest BCUT2D eigenvalue weighted by Crippen LogP contribution is 2.41. The van der Waals surface area contributed by atoms with Crippen molar-refractivity contribution in [2.75, 3.05) is 13.7 Å². The summed E-state index contributed by atoms with van der Waals surface area (Å²) < 4.78 is 5.21. The first kappa shape index (κ1) is 11.8. The second kappa shape index (κ2) is 3.95. The molecule has 17 heavy (non-hydrogen) atoms. The molecule has 0 aromatic heterocycles. The van der Waals surface area contributed by atoms with Gasteiger partial charge in [0.1, 0.15) is 11.5 Å². The van der Waals surface area contributed by atoms with E-state index in [1.807, 2.05) is 13.8 Å². The van der Waals surface area contributed by atoms with E-state index in [1.165, 1.54) is 7.11 Å². The lowest BCUT2D eigenvalue weighted by molar-refractivity contribution is 0.0952. The summed E-state index contributed by atoms with van der Waals surface area (Å²) in [5.74, 6) is 0.478. The number of carbonyl (C=O) groups excluding carboxylic acids is 1. The lowest BCUT2D eigenvalue weighted by atomic mass is 9.79. The number of benzene rings is 1. The van der Waals surface area contributed by atoms with Crippen LogP contribution in [0.5, 0.6) is 11.5 Å². The van der Waals surface area contributed by atoms with Gasteiger partial charge in [-0.25, -0.2) is 0 Å². The third-order valence-electron chi connectivity index (χ3n) is 3.30. The fourth-order valence-corrected chi connectivity index (χ4v) is 2.36. The van der Waals surface area contributed by atoms with Gasteiger partial charge in [-0.1, -0.05) is 13.8 Å². The number of ether oxygens (including phenoxy) is 1. The lowest BCUT2D eigenvalue weighted by Gasteiger charge is -2.25. The molecule has 1 heterocycles. The minimum absolute atomic E-state index is 0.155. The molecule has 1 aliphatic rings. The number of aromatic hydroxyl groups is 1. The van der Waals surface area contributed by atoms with Gasteiger partial charge in [0, 0.05) is 12.1 Å². The molecule has 0 atom stereocenters. The molecular formula is C13H17NO3. The summed E-state index contributed by atoms with van der Waals surface area (Å²) in [7, 11) is 1.53. The van der Waals surface area contributed by atoms with Crippen LogP contribution in [-0.4, -0.2) is 24.7 Å². The van der Waals surface area contributed by atoms with E-state index in [4.69, 9.17) is 4.74 Å². The van der Waals surface area contributed by atoms with Crippen LogP contribution in [0.2, 0.25) is 0 Å². The zero-order valence-electron chi connectivity index (χ0n) is 10.3. The number of hydrogen-bond donors (Lipinski definition) is 2. The van der Waals surface area contributed by atoms with Crippen LogP contribution in [0.15, 0.2) is 12.1 Å². The molecule has 2 rings (SSSR count). The van der Waals surface area contributed by atoms with Crippen LogP contribution in [0, 0.1) is 0 Å². The van der Waals surface area contributed by atoms with Crippen LogP contribution in [0.1, 0.15) is 36.2 Å². The zero-order valence-corrected chi connectivity index (χ0v) is 10.3. The van der Waals surface area contributed by atoms with Gasteiger partial charge in [-0.15, -0.1) is 0 Å². The summed E-state index contributed by atoms with van der Waals surface area (Å²) in [5, 5.41) is 12.8. The molecule has 1 amide bonds. The van der Waals surface area contributed by atoms with E-state index in [0.29, 0.717) is 23.4 Å². The predicted octanol–water partition coefficient (Wildman–Crippen LogP) is 1.81. The molecule has 0 saturated carbocycles. The van der Waals surface area contributed by atoms with E-state index in [0.717, 1.165) is 6.42 Å². The normalized spacial score (nSPS) is 17.9. The van der Waals surface area contributed by atoms with Gasteiger partial charge in [-0.05, 0) is 24.0 Å². The van der Waals surface area contributed by atoms with Gasteiger partial charge >= 0.3 is 0 Å². The Morgan fingerprint density at radius 1 is 1.41 bits per heavy atom. The standard InChI is InChI=1S/C13H17NO3/c1-13(2)6-7-14-12(16)10-9(17-3)5-4-8(15)11(10)13/h4-5,15H,6-7H2,1-3H3,(H,14,16). The van der Waals surface area contributed by atoms with Crippen LogP contribution < -0.4 is 10.1 Å². The summed E-state index contributed by atoms with van der Waals surface area (Å²) in [6.45, 7) is 4.64. The molecule has 0 radical (unpaired) electrons. The molecule has 1 aliphatic heterocycles. The minimum atomic E-state index is -0.257. The first-order valence-corrected chi connectivity index (χ1v) is 5.66. The topological polar surface area (TPSA) is 58.6 Å². The fourth-order valence-electron chi connectivity index (χ4n) is 2.36. The van der Waals surface area contributed by atoms with Gasteiger partial charge in [0.2, 0.25) is 0 Å². The molecular weight excluding hydrogens is 218 g/mol. The number of nitrogens with one attached hydrogen (secondary N) is 1. The van der Waals surface area contributed by atoms with Crippen LogP contribution >= 0.6 is 0 Å². The SMILES string of the molecule is COc1ccc(O)c2c1C(=O)NCCC2(C)C. The molecule has 4 nitrogen and oxygen atoms in total. The largest absolute Gasteiger partial charge is 0.508 e. The zero-order chi connectivity index (χ0) is 12.6. The van der Waals surface area contributed by atoms with Gasteiger partial charge in [-0.2, -0.15) is 0 Å². The highest BCUT2D eigenvalue weighted by molar-refractivity contribution is 6.00. The average Bonchev–Trinajstić information content (AvgIpc) is 2.38. The Morgan fingerprint density at radius 3 is 2.76 bits per heavy atom. The molecule has 0 fully saturated rings. The first-order valence-electron chi connectivity index (χ1n) is 5.66. The number of amides is 1. The monoisotopic (exact) mass is 235 g/mol. The Morgan fingerprint density at radius 2 is 2.12 bits per heavy atom. The van der Waals surface area contributed by atoms with Crippen molar-refractivity contribution in [1.82, 2.24) is 5.32 Å². The third kappa shape index (κ3) is 1.84. The lowest BCUT2D eigenvalue weighted by Crippen LogP contribution is -2.23. The van der Waals surface area contributed by atoms with Crippen molar-refractivity contribution in [2.24, 2.45) is 0 Å². The number of hydrogen-bond acceptors (Lipinski definition) is 3. The Balaban J connectivity index is 2.75. The third-order valence-corrected chi connectivity index (χ3v) is 3.30. The highest BCUT2D eigenvalue weighted by atomic mass is 16.5. The van der Waals surface area contributed by atoms with Crippen molar-refractivity contribution >= 4 is 5.91 Å². The molecule has 0 saturated heterocycles. The molecule has 0 spiro atoms. The van der Waals surface area contributed by atoms with E-state index in [9.17, 15) is 9.90 Å². The van der Waals surface area contributed by atoms with Crippen LogP contribution in [0.25, 0.3) is 0 Å². The number of fused-ring (bicyclic) bond motifs is 1. The van der Waals surface area contributed by atoms with Gasteiger partial charge in [0.05, 0.1) is 12.7 Å². The van der Waals surface area contributed by atoms with E-state index < -0.39 is 0 Å². The minimum Gasteiger partial charge on any atom is -0.508 e. The quantitative estimate of drug-likeness (QED) is 0.780. The molecule has 2 N–H and O–H groups in total. The molecule has 1 aromatic carbocycles. The van der Waals surface area contributed by atoms with E-state index >= 15 is 0 Å². The Hall–Kier alpha value is -1.71. The van der Waals surface area contributed by atoms with Crippen LogP contribution in [-0.2, 0) is 5.41 Å². The Labute approximate surface area is 101 Å². The number of methoxy groups -OCH3 is 1. The summed E-state index contributed by atoms with van der Waals surface area (Å²) >= 11 is 0. The van der Waals surface area contributed by atoms with Crippen LogP contribution in [0.3, 0.4) is 0 Å². The summed E-state index contributed by atoms with van der Waals surface area (Å²) in [6, 6.07) is 3.20. The maximum atomic E-state index is 12.0. The van der Waals surface area contributed by atoms with E-state index in [-0.39, 0.29) is 17.1 Å². The van der Waals surface area contributed by atoms with E-state index in [1.54, 1.807) is 12.1 Å². The van der Waals surface area contributed by atoms with Crippen molar-refractivity contribution < 1.29 is 14.6 Å². The molecule has 0 bridgehead atoms. The Kier molecular flexibility index (Phi) is 2.73. The van der Waals surface area contributed by atoms with Gasteiger partial charge in [-0.3, -0.25) is 4.79 Å². The maximum absolute atomic E-state index is 12.0. The molecule has 4 heteroatoms. The van der Waals surface area contributed by atoms with Gasteiger partial charge in [0.25, 0.3) is 5.91 Å². The summed E-state index contributed by atoms with van der Waals surface area (Å²) in [5.41, 5.74) is 0.870. The predicted molar refractivity (Wildman–Crippen MR) is 64.6 cm³/mol. The molecule has 92 valence electrons. The van der Waals surface area contributed by atoms with Crippen molar-refractivity contribution in [2.45, 2.75) is 25.7 Å². The number of phenolic OH excluding ortho intramolecular Hbond substituents is 1. The van der Waals surface area contributed by atoms with Crippen LogP contribution in [0.4, 0.5) is 0 Å². The van der Waals surface area contributed by atoms with Crippen molar-refractivity contribution in [1.29, 1.82) is 0 Å². The van der Waals surface area contributed by atoms with E-state index in [2.05, 4.69) is 5.32 Å². The number of carbonyl (C=O) groups is 1.